The molecule has 0 saturated carbocycles. The Morgan fingerprint density at radius 2 is 1.93 bits per heavy atom. The molecule has 76 valence electrons. The highest BCUT2D eigenvalue weighted by atomic mass is 35.5. The third kappa shape index (κ3) is 2.07. The second-order valence-corrected chi connectivity index (χ2v) is 4.68. The number of thiophene rings is 1. The molecule has 0 unspecified atom stereocenters. The van der Waals surface area contributed by atoms with E-state index in [0.717, 1.165) is 16.7 Å². The van der Waals surface area contributed by atoms with E-state index >= 15 is 0 Å². The van der Waals surface area contributed by atoms with Crippen LogP contribution in [0, 0.1) is 0 Å². The maximum Gasteiger partial charge on any atom is 0.151 e. The van der Waals surface area contributed by atoms with E-state index in [0.29, 0.717) is 15.6 Å². The molecule has 0 atom stereocenters. The van der Waals surface area contributed by atoms with Crippen LogP contribution in [0.25, 0.3) is 10.4 Å². The lowest BCUT2D eigenvalue weighted by molar-refractivity contribution is 0.112. The zero-order valence-electron chi connectivity index (χ0n) is 7.54. The summed E-state index contributed by atoms with van der Waals surface area (Å²) in [6.45, 7) is 0. The van der Waals surface area contributed by atoms with Crippen LogP contribution in [0.1, 0.15) is 10.4 Å². The minimum atomic E-state index is 0.460. The second-order valence-electron chi connectivity index (χ2n) is 2.95. The summed E-state index contributed by atoms with van der Waals surface area (Å²) in [6.07, 6.45) is 0.743. The van der Waals surface area contributed by atoms with Crippen LogP contribution in [-0.2, 0) is 0 Å². The number of halogens is 2. The molecule has 0 amide bonds. The Morgan fingerprint density at radius 3 is 2.53 bits per heavy atom. The van der Waals surface area contributed by atoms with Gasteiger partial charge in [-0.15, -0.1) is 11.3 Å². The maximum absolute atomic E-state index is 10.7. The SMILES string of the molecule is O=Cc1cc(-c2sccc2Cl)ccc1Cl. The van der Waals surface area contributed by atoms with E-state index < -0.39 is 0 Å². The summed E-state index contributed by atoms with van der Waals surface area (Å²) in [5.74, 6) is 0. The van der Waals surface area contributed by atoms with Crippen LogP contribution in [0.5, 0.6) is 0 Å². The first-order valence-corrected chi connectivity index (χ1v) is 5.84. The Hall–Kier alpha value is -0.830. The summed E-state index contributed by atoms with van der Waals surface area (Å²) >= 11 is 13.4. The Balaban J connectivity index is 2.55. The molecule has 1 aromatic heterocycles. The van der Waals surface area contributed by atoms with Gasteiger partial charge in [-0.3, -0.25) is 4.79 Å². The van der Waals surface area contributed by atoms with Gasteiger partial charge < -0.3 is 0 Å². The lowest BCUT2D eigenvalue weighted by atomic mass is 10.1. The van der Waals surface area contributed by atoms with Crippen molar-refractivity contribution in [2.75, 3.05) is 0 Å². The molecule has 0 aliphatic heterocycles. The van der Waals surface area contributed by atoms with Crippen molar-refractivity contribution in [1.82, 2.24) is 0 Å². The van der Waals surface area contributed by atoms with Crippen LogP contribution in [0.3, 0.4) is 0 Å². The van der Waals surface area contributed by atoms with Crippen molar-refractivity contribution in [3.63, 3.8) is 0 Å². The Morgan fingerprint density at radius 1 is 1.13 bits per heavy atom. The van der Waals surface area contributed by atoms with Gasteiger partial charge >= 0.3 is 0 Å². The average Bonchev–Trinajstić information content (AvgIpc) is 2.65. The van der Waals surface area contributed by atoms with Gasteiger partial charge in [0.2, 0.25) is 0 Å². The van der Waals surface area contributed by atoms with E-state index in [1.807, 2.05) is 17.5 Å². The maximum atomic E-state index is 10.7. The Bertz CT molecular complexity index is 505. The summed E-state index contributed by atoms with van der Waals surface area (Å²) in [5, 5.41) is 3.06. The molecule has 1 heterocycles. The van der Waals surface area contributed by atoms with E-state index in [4.69, 9.17) is 23.2 Å². The summed E-state index contributed by atoms with van der Waals surface area (Å²) in [4.78, 5) is 11.7. The van der Waals surface area contributed by atoms with E-state index in [-0.39, 0.29) is 0 Å². The van der Waals surface area contributed by atoms with E-state index in [1.165, 1.54) is 11.3 Å². The van der Waals surface area contributed by atoms with Gasteiger partial charge in [0.05, 0.1) is 14.9 Å². The molecule has 0 fully saturated rings. The van der Waals surface area contributed by atoms with Gasteiger partial charge in [-0.2, -0.15) is 0 Å². The molecular weight excluding hydrogens is 251 g/mol. The molecular formula is C11H6Cl2OS. The number of aldehydes is 1. The second kappa shape index (κ2) is 4.35. The van der Waals surface area contributed by atoms with Crippen molar-refractivity contribution in [3.05, 3.63) is 45.3 Å². The molecule has 0 spiro atoms. The number of carbonyl (C=O) groups is 1. The van der Waals surface area contributed by atoms with Crippen LogP contribution >= 0.6 is 34.5 Å². The summed E-state index contributed by atoms with van der Waals surface area (Å²) in [5.41, 5.74) is 1.40. The first-order chi connectivity index (χ1) is 7.22. The molecule has 0 saturated heterocycles. The first-order valence-electron chi connectivity index (χ1n) is 4.20. The van der Waals surface area contributed by atoms with Crippen molar-refractivity contribution >= 4 is 40.8 Å². The number of hydrogen-bond acceptors (Lipinski definition) is 2. The van der Waals surface area contributed by atoms with Crippen LogP contribution in [-0.4, -0.2) is 6.29 Å². The van der Waals surface area contributed by atoms with Crippen LogP contribution in [0.4, 0.5) is 0 Å². The van der Waals surface area contributed by atoms with Gasteiger partial charge in [-0.25, -0.2) is 0 Å². The smallest absolute Gasteiger partial charge is 0.151 e. The lowest BCUT2D eigenvalue weighted by Crippen LogP contribution is -1.83. The van der Waals surface area contributed by atoms with Gasteiger partial charge in [0.1, 0.15) is 0 Å². The highest BCUT2D eigenvalue weighted by Crippen LogP contribution is 2.34. The first kappa shape index (κ1) is 10.7. The topological polar surface area (TPSA) is 17.1 Å². The predicted molar refractivity (Wildman–Crippen MR) is 65.2 cm³/mol. The molecule has 2 aromatic rings. The minimum absolute atomic E-state index is 0.460. The highest BCUT2D eigenvalue weighted by Gasteiger charge is 2.07. The molecule has 1 nitrogen and oxygen atoms in total. The predicted octanol–water partition coefficient (Wildman–Crippen LogP) is 4.53. The molecule has 0 aliphatic carbocycles. The standard InChI is InChI=1S/C11H6Cl2OS/c12-9-2-1-7(5-8(9)6-14)11-10(13)3-4-15-11/h1-6H. The van der Waals surface area contributed by atoms with Crippen molar-refractivity contribution < 1.29 is 4.79 Å². The largest absolute Gasteiger partial charge is 0.298 e. The fourth-order valence-electron chi connectivity index (χ4n) is 1.28. The molecule has 0 bridgehead atoms. The Labute approximate surface area is 101 Å². The molecule has 1 aromatic carbocycles. The average molecular weight is 257 g/mol. The van der Waals surface area contributed by atoms with E-state index in [1.54, 1.807) is 12.1 Å². The van der Waals surface area contributed by atoms with Gasteiger partial charge in [0.15, 0.2) is 6.29 Å². The molecule has 4 heteroatoms. The monoisotopic (exact) mass is 256 g/mol. The van der Waals surface area contributed by atoms with Gasteiger partial charge in [0, 0.05) is 5.56 Å². The number of carbonyl (C=O) groups excluding carboxylic acids is 1. The van der Waals surface area contributed by atoms with Crippen molar-refractivity contribution in [2.45, 2.75) is 0 Å². The van der Waals surface area contributed by atoms with Crippen LogP contribution in [0.15, 0.2) is 29.6 Å². The van der Waals surface area contributed by atoms with Crippen molar-refractivity contribution in [2.24, 2.45) is 0 Å². The van der Waals surface area contributed by atoms with Crippen LogP contribution < -0.4 is 0 Å². The Kier molecular flexibility index (Phi) is 3.10. The van der Waals surface area contributed by atoms with Crippen molar-refractivity contribution in [3.8, 4) is 10.4 Å². The summed E-state index contributed by atoms with van der Waals surface area (Å²) in [7, 11) is 0. The molecule has 15 heavy (non-hydrogen) atoms. The number of benzene rings is 1. The zero-order chi connectivity index (χ0) is 10.8. The van der Waals surface area contributed by atoms with Gasteiger partial charge in [-0.1, -0.05) is 29.3 Å². The fourth-order valence-corrected chi connectivity index (χ4v) is 2.60. The molecule has 2 rings (SSSR count). The number of rotatable bonds is 2. The third-order valence-corrected chi connectivity index (χ3v) is 3.74. The van der Waals surface area contributed by atoms with E-state index in [9.17, 15) is 4.79 Å². The molecule has 0 aliphatic rings. The third-order valence-electron chi connectivity index (χ3n) is 2.00. The van der Waals surface area contributed by atoms with Crippen molar-refractivity contribution in [1.29, 1.82) is 0 Å². The highest BCUT2D eigenvalue weighted by molar-refractivity contribution is 7.14. The fraction of sp³-hybridized carbons (Fsp3) is 0. The number of hydrogen-bond donors (Lipinski definition) is 0. The molecule has 0 N–H and O–H groups in total. The van der Waals surface area contributed by atoms with E-state index in [2.05, 4.69) is 0 Å². The van der Waals surface area contributed by atoms with Crippen LogP contribution in [0.2, 0.25) is 10.0 Å². The van der Waals surface area contributed by atoms with Gasteiger partial charge in [-0.05, 0) is 29.1 Å². The molecule has 0 radical (unpaired) electrons. The normalized spacial score (nSPS) is 10.3. The summed E-state index contributed by atoms with van der Waals surface area (Å²) < 4.78 is 0. The minimum Gasteiger partial charge on any atom is -0.298 e. The summed E-state index contributed by atoms with van der Waals surface area (Å²) in [6, 6.07) is 7.13. The zero-order valence-corrected chi connectivity index (χ0v) is 9.86. The lowest BCUT2D eigenvalue weighted by Gasteiger charge is -2.01. The quantitative estimate of drug-likeness (QED) is 0.722. The van der Waals surface area contributed by atoms with Gasteiger partial charge in [0.25, 0.3) is 0 Å².